The lowest BCUT2D eigenvalue weighted by Gasteiger charge is -2.15. The lowest BCUT2D eigenvalue weighted by molar-refractivity contribution is 0.0995. The number of ether oxygens (including phenoxy) is 2. The highest BCUT2D eigenvalue weighted by atomic mass is 16.7. The first kappa shape index (κ1) is 9.71. The highest BCUT2D eigenvalue weighted by Gasteiger charge is 2.28. The van der Waals surface area contributed by atoms with Gasteiger partial charge in [-0.3, -0.25) is 4.79 Å². The van der Waals surface area contributed by atoms with E-state index in [4.69, 9.17) is 9.47 Å². The van der Waals surface area contributed by atoms with Crippen molar-refractivity contribution < 1.29 is 14.3 Å². The summed E-state index contributed by atoms with van der Waals surface area (Å²) < 4.78 is 11.1. The van der Waals surface area contributed by atoms with Gasteiger partial charge in [-0.05, 0) is 5.39 Å². The number of hydrogen-bond acceptors (Lipinski definition) is 3. The van der Waals surface area contributed by atoms with Crippen molar-refractivity contribution in [1.82, 2.24) is 0 Å². The van der Waals surface area contributed by atoms with Crippen molar-refractivity contribution in [3.05, 3.63) is 41.5 Å². The van der Waals surface area contributed by atoms with Crippen molar-refractivity contribution in [2.45, 2.75) is 6.42 Å². The summed E-state index contributed by atoms with van der Waals surface area (Å²) in [6.45, 7) is 0.220. The molecule has 18 heavy (non-hydrogen) atoms. The van der Waals surface area contributed by atoms with Crippen LogP contribution in [0.25, 0.3) is 16.8 Å². The maximum absolute atomic E-state index is 12.2. The molecular weight excluding hydrogens is 228 g/mol. The molecule has 0 spiro atoms. The average molecular weight is 238 g/mol. The largest absolute Gasteiger partial charge is 0.453 e. The van der Waals surface area contributed by atoms with Gasteiger partial charge in [0.1, 0.15) is 0 Å². The molecule has 3 nitrogen and oxygen atoms in total. The number of carbonyl (C=O) groups excluding carboxylic acids is 1. The molecule has 1 aliphatic carbocycles. The second kappa shape index (κ2) is 3.35. The van der Waals surface area contributed by atoms with Crippen molar-refractivity contribution in [3.63, 3.8) is 0 Å². The lowest BCUT2D eigenvalue weighted by Crippen LogP contribution is -2.06. The first-order valence-corrected chi connectivity index (χ1v) is 5.90. The van der Waals surface area contributed by atoms with Crippen LogP contribution in [0, 0.1) is 0 Å². The molecular formula is C15H10O3. The molecule has 2 aliphatic rings. The summed E-state index contributed by atoms with van der Waals surface area (Å²) in [7, 11) is 0. The van der Waals surface area contributed by atoms with Crippen LogP contribution in [-0.2, 0) is 0 Å². The molecule has 0 atom stereocenters. The van der Waals surface area contributed by atoms with Crippen molar-refractivity contribution in [2.24, 2.45) is 0 Å². The zero-order valence-corrected chi connectivity index (χ0v) is 9.60. The van der Waals surface area contributed by atoms with Crippen molar-refractivity contribution in [1.29, 1.82) is 0 Å². The van der Waals surface area contributed by atoms with E-state index < -0.39 is 0 Å². The van der Waals surface area contributed by atoms with Gasteiger partial charge in [0.05, 0.1) is 0 Å². The molecule has 4 rings (SSSR count). The van der Waals surface area contributed by atoms with Gasteiger partial charge in [0.2, 0.25) is 6.79 Å². The summed E-state index contributed by atoms with van der Waals surface area (Å²) in [5, 5.41) is 1.90. The third-order valence-corrected chi connectivity index (χ3v) is 3.43. The number of allylic oxidation sites excluding steroid dienone is 1. The Hall–Kier alpha value is -2.29. The van der Waals surface area contributed by atoms with Crippen LogP contribution in [0.1, 0.15) is 22.3 Å². The van der Waals surface area contributed by atoms with Crippen LogP contribution in [-0.4, -0.2) is 12.6 Å². The predicted molar refractivity (Wildman–Crippen MR) is 68.1 cm³/mol. The highest BCUT2D eigenvalue weighted by Crippen LogP contribution is 2.46. The highest BCUT2D eigenvalue weighted by molar-refractivity contribution is 6.15. The van der Waals surface area contributed by atoms with E-state index in [-0.39, 0.29) is 12.6 Å². The lowest BCUT2D eigenvalue weighted by atomic mass is 9.89. The fraction of sp³-hybridized carbons (Fsp3) is 0.133. The molecule has 3 heteroatoms. The summed E-state index contributed by atoms with van der Waals surface area (Å²) in [4.78, 5) is 12.2. The van der Waals surface area contributed by atoms with Gasteiger partial charge >= 0.3 is 0 Å². The van der Waals surface area contributed by atoms with Gasteiger partial charge in [-0.25, -0.2) is 0 Å². The van der Waals surface area contributed by atoms with E-state index in [1.165, 1.54) is 0 Å². The molecule has 0 N–H and O–H groups in total. The summed E-state index contributed by atoms with van der Waals surface area (Å²) in [5.41, 5.74) is 1.62. The SMILES string of the molecule is O=C1CC=Cc2c3c(c4ccccc4c21)OCO3. The molecule has 0 bridgehead atoms. The van der Waals surface area contributed by atoms with E-state index >= 15 is 0 Å². The van der Waals surface area contributed by atoms with Gasteiger partial charge in [0, 0.05) is 22.9 Å². The van der Waals surface area contributed by atoms with E-state index in [1.807, 2.05) is 36.4 Å². The number of carbonyl (C=O) groups is 1. The van der Waals surface area contributed by atoms with E-state index in [1.54, 1.807) is 0 Å². The van der Waals surface area contributed by atoms with Crippen LogP contribution in [0.3, 0.4) is 0 Å². The molecule has 0 unspecified atom stereocenters. The fourth-order valence-electron chi connectivity index (χ4n) is 2.68. The van der Waals surface area contributed by atoms with E-state index in [9.17, 15) is 4.79 Å². The van der Waals surface area contributed by atoms with Crippen LogP contribution in [0.2, 0.25) is 0 Å². The molecule has 1 heterocycles. The molecule has 0 fully saturated rings. The minimum Gasteiger partial charge on any atom is -0.453 e. The number of ketones is 1. The molecule has 1 aliphatic heterocycles. The maximum atomic E-state index is 12.2. The topological polar surface area (TPSA) is 35.5 Å². The first-order valence-electron chi connectivity index (χ1n) is 5.90. The average Bonchev–Trinajstić information content (AvgIpc) is 2.88. The fourth-order valence-corrected chi connectivity index (χ4v) is 2.68. The van der Waals surface area contributed by atoms with Crippen molar-refractivity contribution in [3.8, 4) is 11.5 Å². The molecule has 0 saturated carbocycles. The Morgan fingerprint density at radius 1 is 1.00 bits per heavy atom. The monoisotopic (exact) mass is 238 g/mol. The zero-order valence-electron chi connectivity index (χ0n) is 9.60. The predicted octanol–water partition coefficient (Wildman–Crippen LogP) is 3.17. The Bertz CT molecular complexity index is 713. The number of Topliss-reactive ketones (excluding diaryl/α,β-unsaturated/α-hetero) is 1. The third kappa shape index (κ3) is 1.11. The molecule has 0 aromatic heterocycles. The van der Waals surface area contributed by atoms with Crippen LogP contribution in [0.4, 0.5) is 0 Å². The van der Waals surface area contributed by atoms with Crippen LogP contribution in [0.5, 0.6) is 11.5 Å². The third-order valence-electron chi connectivity index (χ3n) is 3.43. The second-order valence-corrected chi connectivity index (χ2v) is 4.43. The minimum absolute atomic E-state index is 0.141. The molecule has 2 aromatic carbocycles. The van der Waals surface area contributed by atoms with Crippen LogP contribution < -0.4 is 9.47 Å². The van der Waals surface area contributed by atoms with Crippen LogP contribution in [0.15, 0.2) is 30.3 Å². The smallest absolute Gasteiger partial charge is 0.231 e. The Morgan fingerprint density at radius 2 is 1.78 bits per heavy atom. The molecule has 88 valence electrons. The van der Waals surface area contributed by atoms with E-state index in [0.717, 1.165) is 27.6 Å². The second-order valence-electron chi connectivity index (χ2n) is 4.43. The van der Waals surface area contributed by atoms with Crippen molar-refractivity contribution >= 4 is 22.6 Å². The van der Waals surface area contributed by atoms with Gasteiger partial charge in [0.15, 0.2) is 17.3 Å². The zero-order chi connectivity index (χ0) is 12.1. The Balaban J connectivity index is 2.24. The molecule has 0 radical (unpaired) electrons. The van der Waals surface area contributed by atoms with Crippen LogP contribution >= 0.6 is 0 Å². The van der Waals surface area contributed by atoms with Crippen molar-refractivity contribution in [2.75, 3.05) is 6.79 Å². The Kier molecular flexibility index (Phi) is 1.81. The Labute approximate surface area is 104 Å². The minimum atomic E-state index is 0.141. The number of hydrogen-bond donors (Lipinski definition) is 0. The van der Waals surface area contributed by atoms with E-state index in [0.29, 0.717) is 12.2 Å². The normalized spacial score (nSPS) is 16.1. The number of rotatable bonds is 0. The standard InChI is InChI=1S/C15H10O3/c16-12-7-3-6-11-13(12)9-4-1-2-5-10(9)14-15(11)18-8-17-14/h1-6H,7-8H2. The van der Waals surface area contributed by atoms with E-state index in [2.05, 4.69) is 0 Å². The quantitative estimate of drug-likeness (QED) is 0.707. The van der Waals surface area contributed by atoms with Gasteiger partial charge in [0.25, 0.3) is 0 Å². The van der Waals surface area contributed by atoms with Gasteiger partial charge < -0.3 is 9.47 Å². The summed E-state index contributed by atoms with van der Waals surface area (Å²) in [6.07, 6.45) is 4.29. The molecule has 0 amide bonds. The Morgan fingerprint density at radius 3 is 2.67 bits per heavy atom. The van der Waals surface area contributed by atoms with Gasteiger partial charge in [-0.15, -0.1) is 0 Å². The first-order chi connectivity index (χ1) is 8.86. The molecule has 0 saturated heterocycles. The van der Waals surface area contributed by atoms with Gasteiger partial charge in [-0.1, -0.05) is 36.4 Å². The van der Waals surface area contributed by atoms with Gasteiger partial charge in [-0.2, -0.15) is 0 Å². The maximum Gasteiger partial charge on any atom is 0.231 e. The molecule has 2 aromatic rings. The summed E-state index contributed by atoms with van der Waals surface area (Å²) in [6, 6.07) is 7.82. The number of fused-ring (bicyclic) bond motifs is 6. The summed E-state index contributed by atoms with van der Waals surface area (Å²) in [5.74, 6) is 1.60. The number of benzene rings is 2. The summed E-state index contributed by atoms with van der Waals surface area (Å²) >= 11 is 0.